The van der Waals surface area contributed by atoms with Crippen LogP contribution in [0.1, 0.15) is 0 Å². The minimum Gasteiger partial charge on any atom is -0.263 e. The lowest BCUT2D eigenvalue weighted by Gasteiger charge is -2.13. The standard InChI is InChI=1S/C50H32N2/c1-2-12-33(13-3-1)40-28-41(32-51-31-40)50-42-19-5-4-14-38(42)30-49(52-50)39-18-11-17-36(27-39)34-15-10-16-35(26-34)37-24-25-47-45-22-7-6-20-43(45)44-21-8-9-23-46(44)48(47)29-37/h1-32H. The highest BCUT2D eigenvalue weighted by molar-refractivity contribution is 6.25. The van der Waals surface area contributed by atoms with Crippen LogP contribution in [0.2, 0.25) is 0 Å². The van der Waals surface area contributed by atoms with Gasteiger partial charge < -0.3 is 0 Å². The molecule has 0 radical (unpaired) electrons. The molecule has 242 valence electrons. The second-order valence-corrected chi connectivity index (χ2v) is 13.4. The Morgan fingerprint density at radius 3 is 1.44 bits per heavy atom. The Kier molecular flexibility index (Phi) is 7.18. The van der Waals surface area contributed by atoms with Gasteiger partial charge in [0.1, 0.15) is 0 Å². The van der Waals surface area contributed by atoms with E-state index in [1.165, 1.54) is 49.0 Å². The number of rotatable bonds is 5. The lowest BCUT2D eigenvalue weighted by atomic mass is 9.91. The third-order valence-electron chi connectivity index (χ3n) is 10.3. The monoisotopic (exact) mass is 660 g/mol. The molecule has 2 nitrogen and oxygen atoms in total. The molecule has 2 aromatic heterocycles. The minimum atomic E-state index is 0.933. The normalized spacial score (nSPS) is 11.5. The molecule has 0 atom stereocenters. The topological polar surface area (TPSA) is 25.8 Å². The third-order valence-corrected chi connectivity index (χ3v) is 10.3. The highest BCUT2D eigenvalue weighted by Gasteiger charge is 2.14. The van der Waals surface area contributed by atoms with Crippen LogP contribution in [0.4, 0.5) is 0 Å². The molecule has 0 aliphatic carbocycles. The summed E-state index contributed by atoms with van der Waals surface area (Å²) in [6.45, 7) is 0. The molecule has 2 heteroatoms. The number of benzene rings is 8. The summed E-state index contributed by atoms with van der Waals surface area (Å²) >= 11 is 0. The predicted molar refractivity (Wildman–Crippen MR) is 219 cm³/mol. The van der Waals surface area contributed by atoms with Crippen molar-refractivity contribution in [3.8, 4) is 55.9 Å². The Morgan fingerprint density at radius 2 is 0.750 bits per heavy atom. The highest BCUT2D eigenvalue weighted by atomic mass is 14.7. The largest absolute Gasteiger partial charge is 0.263 e. The Hall–Kier alpha value is -6.90. The molecule has 0 aliphatic heterocycles. The van der Waals surface area contributed by atoms with Crippen molar-refractivity contribution in [1.29, 1.82) is 0 Å². The van der Waals surface area contributed by atoms with E-state index in [0.717, 1.165) is 50.0 Å². The SMILES string of the molecule is c1ccc(-c2cncc(-c3nc(-c4cccc(-c5cccc(-c6ccc7c8ccccc8c8ccccc8c7c6)c5)c4)cc4ccccc34)c2)cc1. The summed E-state index contributed by atoms with van der Waals surface area (Å²) in [5, 5.41) is 9.98. The zero-order valence-electron chi connectivity index (χ0n) is 28.4. The molecule has 52 heavy (non-hydrogen) atoms. The summed E-state index contributed by atoms with van der Waals surface area (Å²) in [4.78, 5) is 9.95. The molecule has 0 fully saturated rings. The first kappa shape index (κ1) is 30.0. The average Bonchev–Trinajstić information content (AvgIpc) is 3.23. The Balaban J connectivity index is 1.06. The zero-order chi connectivity index (χ0) is 34.4. The molecule has 8 aromatic carbocycles. The van der Waals surface area contributed by atoms with Crippen LogP contribution in [-0.4, -0.2) is 9.97 Å². The second kappa shape index (κ2) is 12.5. The fourth-order valence-corrected chi connectivity index (χ4v) is 7.75. The number of hydrogen-bond acceptors (Lipinski definition) is 2. The number of hydrogen-bond donors (Lipinski definition) is 0. The van der Waals surface area contributed by atoms with Gasteiger partial charge in [0.15, 0.2) is 0 Å². The summed E-state index contributed by atoms with van der Waals surface area (Å²) < 4.78 is 0. The maximum Gasteiger partial charge on any atom is 0.0803 e. The van der Waals surface area contributed by atoms with Crippen LogP contribution in [0.25, 0.3) is 99.0 Å². The molecule has 0 amide bonds. The van der Waals surface area contributed by atoms with Crippen molar-refractivity contribution in [2.75, 3.05) is 0 Å². The van der Waals surface area contributed by atoms with Crippen LogP contribution in [0.3, 0.4) is 0 Å². The highest BCUT2D eigenvalue weighted by Crippen LogP contribution is 2.38. The van der Waals surface area contributed by atoms with E-state index in [1.54, 1.807) is 0 Å². The summed E-state index contributed by atoms with van der Waals surface area (Å²) in [5.74, 6) is 0. The number of fused-ring (bicyclic) bond motifs is 7. The fraction of sp³-hybridized carbons (Fsp3) is 0. The molecule has 10 aromatic rings. The van der Waals surface area contributed by atoms with E-state index in [4.69, 9.17) is 4.98 Å². The van der Waals surface area contributed by atoms with Crippen LogP contribution in [-0.2, 0) is 0 Å². The Morgan fingerprint density at radius 1 is 0.269 bits per heavy atom. The molecular weight excluding hydrogens is 629 g/mol. The molecule has 0 saturated carbocycles. The summed E-state index contributed by atoms with van der Waals surface area (Å²) in [7, 11) is 0. The van der Waals surface area contributed by atoms with Gasteiger partial charge in [-0.1, -0.05) is 152 Å². The second-order valence-electron chi connectivity index (χ2n) is 13.4. The predicted octanol–water partition coefficient (Wildman–Crippen LogP) is 13.4. The molecule has 0 spiro atoms. The molecule has 0 saturated heterocycles. The minimum absolute atomic E-state index is 0.933. The third kappa shape index (κ3) is 5.21. The van der Waals surface area contributed by atoms with Gasteiger partial charge in [0, 0.05) is 34.5 Å². The van der Waals surface area contributed by atoms with Gasteiger partial charge in [0.2, 0.25) is 0 Å². The van der Waals surface area contributed by atoms with Crippen LogP contribution in [0.5, 0.6) is 0 Å². The summed E-state index contributed by atoms with van der Waals surface area (Å²) in [5.41, 5.74) is 10.9. The lowest BCUT2D eigenvalue weighted by molar-refractivity contribution is 1.29. The summed E-state index contributed by atoms with van der Waals surface area (Å²) in [6, 6.07) is 65.3. The number of aromatic nitrogens is 2. The molecule has 10 rings (SSSR count). The van der Waals surface area contributed by atoms with Gasteiger partial charge in [0.25, 0.3) is 0 Å². The van der Waals surface area contributed by atoms with Crippen molar-refractivity contribution in [2.45, 2.75) is 0 Å². The van der Waals surface area contributed by atoms with E-state index < -0.39 is 0 Å². The lowest BCUT2D eigenvalue weighted by Crippen LogP contribution is -1.93. The molecule has 0 bridgehead atoms. The van der Waals surface area contributed by atoms with Crippen molar-refractivity contribution in [1.82, 2.24) is 9.97 Å². The van der Waals surface area contributed by atoms with Gasteiger partial charge in [-0.05, 0) is 95.9 Å². The molecule has 0 unspecified atom stereocenters. The van der Waals surface area contributed by atoms with Gasteiger partial charge >= 0.3 is 0 Å². The van der Waals surface area contributed by atoms with Gasteiger partial charge in [-0.2, -0.15) is 0 Å². The maximum atomic E-state index is 5.31. The summed E-state index contributed by atoms with van der Waals surface area (Å²) in [6.07, 6.45) is 3.84. The van der Waals surface area contributed by atoms with Crippen molar-refractivity contribution >= 4 is 43.1 Å². The molecular formula is C50H32N2. The van der Waals surface area contributed by atoms with Crippen molar-refractivity contribution in [2.24, 2.45) is 0 Å². The van der Waals surface area contributed by atoms with E-state index in [0.29, 0.717) is 0 Å². The van der Waals surface area contributed by atoms with Crippen LogP contribution < -0.4 is 0 Å². The maximum absolute atomic E-state index is 5.31. The first-order valence-electron chi connectivity index (χ1n) is 17.7. The van der Waals surface area contributed by atoms with Crippen molar-refractivity contribution in [3.63, 3.8) is 0 Å². The Labute approximate surface area is 302 Å². The van der Waals surface area contributed by atoms with Gasteiger partial charge in [-0.3, -0.25) is 4.98 Å². The van der Waals surface area contributed by atoms with Crippen molar-refractivity contribution < 1.29 is 0 Å². The van der Waals surface area contributed by atoms with Crippen molar-refractivity contribution in [3.05, 3.63) is 194 Å². The van der Waals surface area contributed by atoms with Crippen LogP contribution in [0, 0.1) is 0 Å². The van der Waals surface area contributed by atoms with Crippen LogP contribution in [0.15, 0.2) is 194 Å². The molecule has 2 heterocycles. The van der Waals surface area contributed by atoms with E-state index in [1.807, 2.05) is 18.5 Å². The van der Waals surface area contributed by atoms with E-state index >= 15 is 0 Å². The zero-order valence-corrected chi connectivity index (χ0v) is 28.4. The van der Waals surface area contributed by atoms with E-state index in [2.05, 4.69) is 181 Å². The van der Waals surface area contributed by atoms with Crippen LogP contribution >= 0.6 is 0 Å². The molecule has 0 aliphatic rings. The quantitative estimate of drug-likeness (QED) is 0.172. The average molecular weight is 661 g/mol. The number of nitrogens with zero attached hydrogens (tertiary/aromatic N) is 2. The van der Waals surface area contributed by atoms with Gasteiger partial charge in [0.05, 0.1) is 11.4 Å². The Bertz CT molecular complexity index is 2930. The van der Waals surface area contributed by atoms with Gasteiger partial charge in [-0.25, -0.2) is 4.98 Å². The first-order chi connectivity index (χ1) is 25.8. The smallest absolute Gasteiger partial charge is 0.0803 e. The van der Waals surface area contributed by atoms with E-state index in [9.17, 15) is 0 Å². The van der Waals surface area contributed by atoms with E-state index in [-0.39, 0.29) is 0 Å². The first-order valence-corrected chi connectivity index (χ1v) is 17.7. The number of pyridine rings is 2. The molecule has 0 N–H and O–H groups in total. The fourth-order valence-electron chi connectivity index (χ4n) is 7.75. The van der Waals surface area contributed by atoms with Gasteiger partial charge in [-0.15, -0.1) is 0 Å².